The summed E-state index contributed by atoms with van der Waals surface area (Å²) in [7, 11) is 1.43. The van der Waals surface area contributed by atoms with Gasteiger partial charge >= 0.3 is 5.97 Å². The maximum atomic E-state index is 11.2. The number of nitrogens with zero attached hydrogens (tertiary/aromatic N) is 2. The van der Waals surface area contributed by atoms with Crippen LogP contribution in [0.5, 0.6) is 5.75 Å². The molecule has 22 heavy (non-hydrogen) atoms. The first-order valence-electron chi connectivity index (χ1n) is 6.55. The van der Waals surface area contributed by atoms with Crippen LogP contribution >= 0.6 is 0 Å². The average Bonchev–Trinajstić information content (AvgIpc) is 2.55. The van der Waals surface area contributed by atoms with Crippen LogP contribution in [0.3, 0.4) is 0 Å². The average molecular weight is 304 g/mol. The zero-order valence-corrected chi connectivity index (χ0v) is 13.2. The predicted molar refractivity (Wildman–Crippen MR) is 81.2 cm³/mol. The van der Waals surface area contributed by atoms with Crippen LogP contribution in [-0.2, 0) is 16.0 Å². The number of hydrogen-bond donors (Lipinski definition) is 1. The number of aliphatic carboxylic acids is 1. The van der Waals surface area contributed by atoms with E-state index in [2.05, 4.69) is 6.57 Å². The minimum Gasteiger partial charge on any atom is -0.496 e. The largest absolute Gasteiger partial charge is 0.496 e. The number of carbonyl (C=O) groups excluding carboxylic acids is 1. The Bertz CT molecular complexity index is 545. The lowest BCUT2D eigenvalue weighted by Crippen LogP contribution is -2.24. The van der Waals surface area contributed by atoms with Gasteiger partial charge in [0.1, 0.15) is 17.5 Å². The third-order valence-electron chi connectivity index (χ3n) is 2.63. The molecule has 0 aliphatic carbocycles. The summed E-state index contributed by atoms with van der Waals surface area (Å²) >= 11 is 0. The molecule has 1 atom stereocenters. The van der Waals surface area contributed by atoms with Gasteiger partial charge in [-0.1, -0.05) is 19.9 Å². The molecule has 0 heterocycles. The molecule has 1 unspecified atom stereocenters. The van der Waals surface area contributed by atoms with E-state index in [1.54, 1.807) is 12.1 Å². The fourth-order valence-corrected chi connectivity index (χ4v) is 1.61. The molecule has 6 nitrogen and oxygen atoms in total. The molecule has 1 aromatic carbocycles. The van der Waals surface area contributed by atoms with Gasteiger partial charge in [0.2, 0.25) is 0 Å². The molecule has 0 bridgehead atoms. The van der Waals surface area contributed by atoms with Crippen molar-refractivity contribution in [3.8, 4) is 18.4 Å². The van der Waals surface area contributed by atoms with E-state index < -0.39 is 17.7 Å². The van der Waals surface area contributed by atoms with Crippen molar-refractivity contribution in [3.05, 3.63) is 29.3 Å². The van der Waals surface area contributed by atoms with Gasteiger partial charge in [-0.3, -0.25) is 9.59 Å². The fraction of sp³-hybridized carbons (Fsp3) is 0.375. The molecule has 1 aromatic rings. The summed E-state index contributed by atoms with van der Waals surface area (Å²) in [4.78, 5) is 22.2. The summed E-state index contributed by atoms with van der Waals surface area (Å²) in [5.41, 5.74) is 1.02. The first-order chi connectivity index (χ1) is 10.5. The van der Waals surface area contributed by atoms with Crippen molar-refractivity contribution < 1.29 is 19.4 Å². The summed E-state index contributed by atoms with van der Waals surface area (Å²) in [6.45, 7) is 8.74. The summed E-state index contributed by atoms with van der Waals surface area (Å²) in [6.07, 6.45) is 0.0551. The molecule has 0 amide bonds. The number of carboxylic acids is 1. The van der Waals surface area contributed by atoms with Crippen LogP contribution < -0.4 is 4.74 Å². The normalized spacial score (nSPS) is 9.68. The number of carbonyl (C=O) groups is 2. The molecular formula is C16H20N2O4. The van der Waals surface area contributed by atoms with E-state index >= 15 is 0 Å². The molecule has 0 saturated heterocycles. The third kappa shape index (κ3) is 6.53. The Morgan fingerprint density at radius 2 is 1.91 bits per heavy atom. The van der Waals surface area contributed by atoms with Gasteiger partial charge in [-0.25, -0.2) is 5.26 Å². The van der Waals surface area contributed by atoms with E-state index in [0.29, 0.717) is 16.9 Å². The van der Waals surface area contributed by atoms with Crippen LogP contribution in [0.4, 0.5) is 0 Å². The quantitative estimate of drug-likeness (QED) is 0.837. The number of hydrogen-bond acceptors (Lipinski definition) is 5. The van der Waals surface area contributed by atoms with Crippen molar-refractivity contribution in [2.24, 2.45) is 5.92 Å². The standard InChI is InChI=1S/C13H13NO4.C2H6.CHN/c1-8(15)11(13(16)17)6-10-4-3-9(7-14)5-12(10)18-2;2*1-2/h3-5,11H,6H2,1-2H3,(H,16,17);1-2H3;1H. The molecule has 0 aliphatic rings. The van der Waals surface area contributed by atoms with Gasteiger partial charge < -0.3 is 9.84 Å². The van der Waals surface area contributed by atoms with Crippen LogP contribution in [-0.4, -0.2) is 24.0 Å². The van der Waals surface area contributed by atoms with Crippen molar-refractivity contribution in [2.75, 3.05) is 7.11 Å². The Labute approximate surface area is 130 Å². The number of ether oxygens (including phenoxy) is 1. The highest BCUT2D eigenvalue weighted by molar-refractivity contribution is 5.97. The topological polar surface area (TPSA) is 111 Å². The van der Waals surface area contributed by atoms with E-state index in [4.69, 9.17) is 20.4 Å². The molecule has 118 valence electrons. The van der Waals surface area contributed by atoms with Crippen LogP contribution in [0, 0.1) is 29.1 Å². The molecule has 1 N–H and O–H groups in total. The number of benzene rings is 1. The number of nitriles is 2. The van der Waals surface area contributed by atoms with Crippen LogP contribution in [0.1, 0.15) is 31.9 Å². The number of carboxylic acid groups (broad SMARTS) is 1. The molecule has 0 saturated carbocycles. The van der Waals surface area contributed by atoms with Crippen LogP contribution in [0.15, 0.2) is 18.2 Å². The van der Waals surface area contributed by atoms with Crippen molar-refractivity contribution in [1.29, 1.82) is 10.5 Å². The highest BCUT2D eigenvalue weighted by Crippen LogP contribution is 2.23. The second kappa shape index (κ2) is 11.9. The SMILES string of the molecule is C#N.CC.COc1cc(C#N)ccc1CC(C(C)=O)C(=O)O. The van der Waals surface area contributed by atoms with E-state index in [1.807, 2.05) is 19.9 Å². The number of rotatable bonds is 5. The maximum absolute atomic E-state index is 11.2. The Balaban J connectivity index is 0. The van der Waals surface area contributed by atoms with Crippen LogP contribution in [0.25, 0.3) is 0 Å². The molecular weight excluding hydrogens is 284 g/mol. The van der Waals surface area contributed by atoms with E-state index in [9.17, 15) is 9.59 Å². The zero-order chi connectivity index (χ0) is 17.7. The van der Waals surface area contributed by atoms with Gasteiger partial charge in [-0.2, -0.15) is 5.26 Å². The van der Waals surface area contributed by atoms with Gasteiger partial charge in [-0.05, 0) is 31.0 Å². The minimum absolute atomic E-state index is 0.0551. The Hall–Kier alpha value is -2.86. The lowest BCUT2D eigenvalue weighted by atomic mass is 9.95. The molecule has 0 aliphatic heterocycles. The number of Topliss-reactive ketones (excluding diaryl/α,β-unsaturated/α-hetero) is 1. The third-order valence-corrected chi connectivity index (χ3v) is 2.63. The van der Waals surface area contributed by atoms with Crippen molar-refractivity contribution in [3.63, 3.8) is 0 Å². The second-order valence-corrected chi connectivity index (χ2v) is 3.84. The van der Waals surface area contributed by atoms with E-state index in [0.717, 1.165) is 0 Å². The second-order valence-electron chi connectivity index (χ2n) is 3.84. The van der Waals surface area contributed by atoms with Crippen molar-refractivity contribution in [2.45, 2.75) is 27.2 Å². The smallest absolute Gasteiger partial charge is 0.314 e. The fourth-order valence-electron chi connectivity index (χ4n) is 1.61. The van der Waals surface area contributed by atoms with Crippen molar-refractivity contribution in [1.82, 2.24) is 0 Å². The van der Waals surface area contributed by atoms with Gasteiger partial charge in [0.25, 0.3) is 0 Å². The molecule has 0 fully saturated rings. The molecule has 6 heteroatoms. The zero-order valence-electron chi connectivity index (χ0n) is 13.2. The van der Waals surface area contributed by atoms with Gasteiger partial charge in [0.05, 0.1) is 18.7 Å². The number of methoxy groups -OCH3 is 1. The van der Waals surface area contributed by atoms with Gasteiger partial charge in [0.15, 0.2) is 0 Å². The van der Waals surface area contributed by atoms with Gasteiger partial charge in [0, 0.05) is 6.57 Å². The van der Waals surface area contributed by atoms with Crippen LogP contribution in [0.2, 0.25) is 0 Å². The van der Waals surface area contributed by atoms with E-state index in [-0.39, 0.29) is 6.42 Å². The van der Waals surface area contributed by atoms with Gasteiger partial charge in [-0.15, -0.1) is 0 Å². The Morgan fingerprint density at radius 1 is 1.36 bits per heavy atom. The first kappa shape index (κ1) is 21.4. The first-order valence-corrected chi connectivity index (χ1v) is 6.55. The van der Waals surface area contributed by atoms with E-state index in [1.165, 1.54) is 20.1 Å². The number of ketones is 1. The Morgan fingerprint density at radius 3 is 2.27 bits per heavy atom. The lowest BCUT2D eigenvalue weighted by molar-refractivity contribution is -0.145. The summed E-state index contributed by atoms with van der Waals surface area (Å²) in [6, 6.07) is 6.66. The van der Waals surface area contributed by atoms with Crippen molar-refractivity contribution >= 4 is 11.8 Å². The summed E-state index contributed by atoms with van der Waals surface area (Å²) in [5.74, 6) is -2.24. The molecule has 0 radical (unpaired) electrons. The minimum atomic E-state index is -1.16. The lowest BCUT2D eigenvalue weighted by Gasteiger charge is -2.12. The monoisotopic (exact) mass is 304 g/mol. The highest BCUT2D eigenvalue weighted by Gasteiger charge is 2.24. The molecule has 0 spiro atoms. The predicted octanol–water partition coefficient (Wildman–Crippen LogP) is 2.57. The molecule has 1 rings (SSSR count). The maximum Gasteiger partial charge on any atom is 0.314 e. The summed E-state index contributed by atoms with van der Waals surface area (Å²) in [5, 5.41) is 24.2. The Kier molecular flexibility index (Phi) is 11.6. The summed E-state index contributed by atoms with van der Waals surface area (Å²) < 4.78 is 5.09. The highest BCUT2D eigenvalue weighted by atomic mass is 16.5. The molecule has 0 aromatic heterocycles.